The smallest absolute Gasteiger partial charge is 0.407 e. The van der Waals surface area contributed by atoms with Gasteiger partial charge in [0.1, 0.15) is 18.5 Å². The first-order valence-electron chi connectivity index (χ1n) is 11.7. The van der Waals surface area contributed by atoms with E-state index in [4.69, 9.17) is 9.84 Å². The van der Waals surface area contributed by atoms with Gasteiger partial charge in [-0.15, -0.1) is 0 Å². The van der Waals surface area contributed by atoms with E-state index in [0.29, 0.717) is 5.82 Å². The highest BCUT2D eigenvalue weighted by Gasteiger charge is 2.31. The first kappa shape index (κ1) is 22.6. The Hall–Kier alpha value is -4.14. The van der Waals surface area contributed by atoms with E-state index < -0.39 is 24.0 Å². The van der Waals surface area contributed by atoms with Gasteiger partial charge in [0.05, 0.1) is 12.2 Å². The van der Waals surface area contributed by atoms with Crippen molar-refractivity contribution in [2.45, 2.75) is 43.7 Å². The number of rotatable bonds is 9. The highest BCUT2D eigenvalue weighted by molar-refractivity contribution is 5.96. The van der Waals surface area contributed by atoms with Crippen LogP contribution in [0.3, 0.4) is 0 Å². The number of benzene rings is 2. The van der Waals surface area contributed by atoms with Crippen LogP contribution in [0.5, 0.6) is 0 Å². The fraction of sp³-hybridized carbons (Fsp3) is 0.308. The van der Waals surface area contributed by atoms with E-state index >= 15 is 0 Å². The van der Waals surface area contributed by atoms with Gasteiger partial charge in [-0.05, 0) is 41.5 Å². The summed E-state index contributed by atoms with van der Waals surface area (Å²) in [7, 11) is 0. The Kier molecular flexibility index (Phi) is 6.22. The molecule has 5 rings (SSSR count). The molecule has 1 fully saturated rings. The molecule has 1 heterocycles. The molecule has 3 aromatic rings. The lowest BCUT2D eigenvalue weighted by atomic mass is 9.98. The van der Waals surface area contributed by atoms with Gasteiger partial charge >= 0.3 is 12.1 Å². The maximum Gasteiger partial charge on any atom is 0.407 e. The van der Waals surface area contributed by atoms with Crippen LogP contribution in [0, 0.1) is 0 Å². The minimum absolute atomic E-state index is 0.0665. The first-order chi connectivity index (χ1) is 17.0. The monoisotopic (exact) mass is 474 g/mol. The Morgan fingerprint density at radius 3 is 2.31 bits per heavy atom. The van der Waals surface area contributed by atoms with Gasteiger partial charge in [0.2, 0.25) is 5.91 Å². The lowest BCUT2D eigenvalue weighted by Gasteiger charge is -2.19. The molecular formula is C26H26N4O5. The number of hydrogen-bond donors (Lipinski definition) is 3. The van der Waals surface area contributed by atoms with Gasteiger partial charge in [-0.25, -0.2) is 9.48 Å². The fourth-order valence-electron chi connectivity index (χ4n) is 4.56. The molecule has 2 aromatic carbocycles. The Morgan fingerprint density at radius 1 is 1.03 bits per heavy atom. The van der Waals surface area contributed by atoms with Crippen LogP contribution >= 0.6 is 0 Å². The predicted octanol–water partition coefficient (Wildman–Crippen LogP) is 3.93. The van der Waals surface area contributed by atoms with Gasteiger partial charge < -0.3 is 20.5 Å². The zero-order chi connectivity index (χ0) is 24.4. The van der Waals surface area contributed by atoms with Gasteiger partial charge in [0.15, 0.2) is 0 Å². The second-order valence-corrected chi connectivity index (χ2v) is 8.84. The fourth-order valence-corrected chi connectivity index (χ4v) is 4.56. The summed E-state index contributed by atoms with van der Waals surface area (Å²) in [6, 6.07) is 16.9. The number of ether oxygens (including phenoxy) is 1. The number of nitrogens with one attached hydrogen (secondary N) is 2. The van der Waals surface area contributed by atoms with Crippen molar-refractivity contribution in [2.75, 3.05) is 11.9 Å². The zero-order valence-electron chi connectivity index (χ0n) is 19.0. The molecule has 1 saturated carbocycles. The Balaban J connectivity index is 1.25. The quantitative estimate of drug-likeness (QED) is 0.432. The van der Waals surface area contributed by atoms with Gasteiger partial charge in [-0.3, -0.25) is 9.59 Å². The number of hydrogen-bond acceptors (Lipinski definition) is 5. The largest absolute Gasteiger partial charge is 0.481 e. The summed E-state index contributed by atoms with van der Waals surface area (Å²) in [6.07, 6.45) is 2.47. The van der Waals surface area contributed by atoms with Crippen molar-refractivity contribution in [3.05, 3.63) is 71.9 Å². The summed E-state index contributed by atoms with van der Waals surface area (Å²) in [4.78, 5) is 36.7. The SMILES string of the molecule is O=C(O)CCC(NC(=O)OCC1c2ccccc2-c2ccccc21)C(=O)Nc1ccnn1C1CC1. The zero-order valence-corrected chi connectivity index (χ0v) is 19.0. The molecule has 2 aliphatic rings. The van der Waals surface area contributed by atoms with E-state index in [1.54, 1.807) is 16.9 Å². The molecule has 0 bridgehead atoms. The van der Waals surface area contributed by atoms with Gasteiger partial charge in [0.25, 0.3) is 0 Å². The second-order valence-electron chi connectivity index (χ2n) is 8.84. The van der Waals surface area contributed by atoms with E-state index in [1.165, 1.54) is 0 Å². The number of alkyl carbamates (subject to hydrolysis) is 1. The molecule has 9 nitrogen and oxygen atoms in total. The number of carboxylic acid groups (broad SMARTS) is 1. The molecule has 9 heteroatoms. The van der Waals surface area contributed by atoms with Crippen LogP contribution in [0.4, 0.5) is 10.6 Å². The molecule has 2 aliphatic carbocycles. The van der Waals surface area contributed by atoms with Crippen molar-refractivity contribution in [1.82, 2.24) is 15.1 Å². The van der Waals surface area contributed by atoms with E-state index in [1.807, 2.05) is 48.5 Å². The van der Waals surface area contributed by atoms with Crippen molar-refractivity contribution in [3.8, 4) is 11.1 Å². The third kappa shape index (κ3) is 4.89. The number of fused-ring (bicyclic) bond motifs is 3. The Morgan fingerprint density at radius 2 is 1.69 bits per heavy atom. The Labute approximate surface area is 202 Å². The van der Waals surface area contributed by atoms with Crippen LogP contribution in [0.25, 0.3) is 11.1 Å². The third-order valence-electron chi connectivity index (χ3n) is 6.41. The number of nitrogens with zero attached hydrogens (tertiary/aromatic N) is 2. The van der Waals surface area contributed by atoms with E-state index in [9.17, 15) is 14.4 Å². The minimum Gasteiger partial charge on any atom is -0.481 e. The highest BCUT2D eigenvalue weighted by atomic mass is 16.5. The topological polar surface area (TPSA) is 123 Å². The molecule has 35 heavy (non-hydrogen) atoms. The summed E-state index contributed by atoms with van der Waals surface area (Å²) >= 11 is 0. The number of aromatic nitrogens is 2. The standard InChI is InChI=1S/C26H26N4O5/c31-24(32)12-11-22(25(33)29-23-13-14-27-30(23)16-9-10-16)28-26(34)35-15-21-19-7-3-1-5-17(19)18-6-2-4-8-20(18)21/h1-8,13-14,16,21-22H,9-12,15H2,(H,28,34)(H,29,33)(H,31,32). The minimum atomic E-state index is -1.07. The number of carbonyl (C=O) groups is 3. The molecule has 0 aliphatic heterocycles. The van der Waals surface area contributed by atoms with Crippen LogP contribution < -0.4 is 10.6 Å². The van der Waals surface area contributed by atoms with Crippen LogP contribution in [-0.2, 0) is 14.3 Å². The van der Waals surface area contributed by atoms with Crippen molar-refractivity contribution in [2.24, 2.45) is 0 Å². The number of aliphatic carboxylic acids is 1. The summed E-state index contributed by atoms with van der Waals surface area (Å²) in [6.45, 7) is 0.0988. The van der Waals surface area contributed by atoms with Crippen LogP contribution in [0.2, 0.25) is 0 Å². The summed E-state index contributed by atoms with van der Waals surface area (Å²) in [5.74, 6) is -1.16. The van der Waals surface area contributed by atoms with E-state index in [2.05, 4.69) is 15.7 Å². The number of amides is 2. The van der Waals surface area contributed by atoms with E-state index in [0.717, 1.165) is 35.1 Å². The lowest BCUT2D eigenvalue weighted by molar-refractivity contribution is -0.137. The number of carboxylic acids is 1. The van der Waals surface area contributed by atoms with E-state index in [-0.39, 0.29) is 31.4 Å². The molecular weight excluding hydrogens is 448 g/mol. The number of anilines is 1. The first-order valence-corrected chi connectivity index (χ1v) is 11.7. The van der Waals surface area contributed by atoms with Crippen LogP contribution in [0.15, 0.2) is 60.8 Å². The highest BCUT2D eigenvalue weighted by Crippen LogP contribution is 2.44. The molecule has 0 saturated heterocycles. The van der Waals surface area contributed by atoms with Crippen molar-refractivity contribution in [1.29, 1.82) is 0 Å². The molecule has 1 aromatic heterocycles. The molecule has 0 radical (unpaired) electrons. The van der Waals surface area contributed by atoms with Gasteiger partial charge in [-0.1, -0.05) is 48.5 Å². The average molecular weight is 475 g/mol. The second kappa shape index (κ2) is 9.61. The van der Waals surface area contributed by atoms with Gasteiger partial charge in [0, 0.05) is 18.4 Å². The number of carbonyl (C=O) groups excluding carboxylic acids is 2. The van der Waals surface area contributed by atoms with Crippen molar-refractivity contribution >= 4 is 23.8 Å². The van der Waals surface area contributed by atoms with Gasteiger partial charge in [-0.2, -0.15) is 5.10 Å². The molecule has 3 N–H and O–H groups in total. The maximum atomic E-state index is 12.9. The lowest BCUT2D eigenvalue weighted by Crippen LogP contribution is -2.44. The third-order valence-corrected chi connectivity index (χ3v) is 6.41. The van der Waals surface area contributed by atoms with Crippen molar-refractivity contribution in [3.63, 3.8) is 0 Å². The normalized spacial score (nSPS) is 15.1. The van der Waals surface area contributed by atoms with Crippen LogP contribution in [0.1, 0.15) is 48.8 Å². The summed E-state index contributed by atoms with van der Waals surface area (Å²) in [5, 5.41) is 18.7. The molecule has 2 amide bonds. The summed E-state index contributed by atoms with van der Waals surface area (Å²) in [5.41, 5.74) is 4.39. The summed E-state index contributed by atoms with van der Waals surface area (Å²) < 4.78 is 7.27. The molecule has 180 valence electrons. The predicted molar refractivity (Wildman–Crippen MR) is 128 cm³/mol. The Bertz CT molecular complexity index is 1220. The molecule has 1 unspecified atom stereocenters. The average Bonchev–Trinajstić information content (AvgIpc) is 3.51. The van der Waals surface area contributed by atoms with Crippen LogP contribution in [-0.4, -0.2) is 45.5 Å². The molecule has 1 atom stereocenters. The maximum absolute atomic E-state index is 12.9. The molecule has 0 spiro atoms. The van der Waals surface area contributed by atoms with Crippen molar-refractivity contribution < 1.29 is 24.2 Å².